The summed E-state index contributed by atoms with van der Waals surface area (Å²) in [5.41, 5.74) is 7.59. The van der Waals surface area contributed by atoms with Crippen LogP contribution in [0.25, 0.3) is 16.9 Å². The summed E-state index contributed by atoms with van der Waals surface area (Å²) in [4.78, 5) is 8.10. The molecule has 0 unspecified atom stereocenters. The molecular weight excluding hydrogens is 221 g/mol. The van der Waals surface area contributed by atoms with Crippen LogP contribution in [0.1, 0.15) is 0 Å². The van der Waals surface area contributed by atoms with E-state index in [4.69, 9.17) is 5.73 Å². The van der Waals surface area contributed by atoms with Gasteiger partial charge < -0.3 is 5.73 Å². The quantitative estimate of drug-likeness (QED) is 0.686. The molecule has 0 atom stereocenters. The van der Waals surface area contributed by atoms with Gasteiger partial charge >= 0.3 is 0 Å². The predicted octanol–water partition coefficient (Wildman–Crippen LogP) is 1.51. The first-order chi connectivity index (χ1) is 8.24. The maximum atomic E-state index is 13.1. The first-order valence-electron chi connectivity index (χ1n) is 4.95. The Morgan fingerprint density at radius 2 is 2.12 bits per heavy atom. The summed E-state index contributed by atoms with van der Waals surface area (Å²) in [7, 11) is 0. The van der Waals surface area contributed by atoms with Gasteiger partial charge in [0.2, 0.25) is 0 Å². The lowest BCUT2D eigenvalue weighted by molar-refractivity contribution is 0.622. The van der Waals surface area contributed by atoms with Crippen molar-refractivity contribution < 1.29 is 4.39 Å². The number of fused-ring (bicyclic) bond motifs is 1. The third-order valence-electron chi connectivity index (χ3n) is 2.39. The number of halogens is 1. The number of hydrogen-bond acceptors (Lipinski definition) is 4. The van der Waals surface area contributed by atoms with Crippen LogP contribution in [0.3, 0.4) is 0 Å². The highest BCUT2D eigenvalue weighted by molar-refractivity contribution is 5.64. The van der Waals surface area contributed by atoms with Gasteiger partial charge in [-0.2, -0.15) is 9.61 Å². The van der Waals surface area contributed by atoms with Crippen LogP contribution in [-0.4, -0.2) is 19.6 Å². The predicted molar refractivity (Wildman–Crippen MR) is 60.6 cm³/mol. The maximum absolute atomic E-state index is 13.1. The summed E-state index contributed by atoms with van der Waals surface area (Å²) in [5.74, 6) is 0.0375. The van der Waals surface area contributed by atoms with E-state index in [1.807, 2.05) is 0 Å². The molecular formula is C11H8FN5. The first kappa shape index (κ1) is 9.71. The lowest BCUT2D eigenvalue weighted by Gasteiger charge is -2.04. The van der Waals surface area contributed by atoms with Gasteiger partial charge in [-0.25, -0.2) is 9.37 Å². The van der Waals surface area contributed by atoms with Gasteiger partial charge in [-0.3, -0.25) is 4.98 Å². The Bertz CT molecular complexity index is 691. The zero-order valence-corrected chi connectivity index (χ0v) is 8.71. The molecule has 0 fully saturated rings. The Hall–Kier alpha value is -2.50. The largest absolute Gasteiger partial charge is 0.384 e. The van der Waals surface area contributed by atoms with Gasteiger partial charge in [0.25, 0.3) is 0 Å². The SMILES string of the molecule is Nc1cc(-c2cncc(F)c2)nc2ccnn12. The van der Waals surface area contributed by atoms with Gasteiger partial charge in [0.05, 0.1) is 18.1 Å². The van der Waals surface area contributed by atoms with Crippen molar-refractivity contribution >= 4 is 11.5 Å². The molecule has 0 saturated heterocycles. The van der Waals surface area contributed by atoms with E-state index in [2.05, 4.69) is 15.1 Å². The number of rotatable bonds is 1. The molecule has 2 N–H and O–H groups in total. The molecule has 3 aromatic heterocycles. The van der Waals surface area contributed by atoms with E-state index in [0.717, 1.165) is 6.20 Å². The molecule has 0 spiro atoms. The van der Waals surface area contributed by atoms with Crippen molar-refractivity contribution in [1.82, 2.24) is 19.6 Å². The van der Waals surface area contributed by atoms with Gasteiger partial charge in [-0.1, -0.05) is 0 Å². The molecule has 5 nitrogen and oxygen atoms in total. The zero-order valence-electron chi connectivity index (χ0n) is 8.71. The summed E-state index contributed by atoms with van der Waals surface area (Å²) in [5, 5.41) is 4.01. The Labute approximate surface area is 95.7 Å². The molecule has 0 amide bonds. The van der Waals surface area contributed by atoms with Crippen LogP contribution in [0.2, 0.25) is 0 Å². The van der Waals surface area contributed by atoms with Crippen molar-refractivity contribution in [2.45, 2.75) is 0 Å². The van der Waals surface area contributed by atoms with E-state index in [1.54, 1.807) is 18.3 Å². The molecule has 17 heavy (non-hydrogen) atoms. The highest BCUT2D eigenvalue weighted by Gasteiger charge is 2.06. The third-order valence-corrected chi connectivity index (χ3v) is 2.39. The number of hydrogen-bond donors (Lipinski definition) is 1. The molecule has 0 aromatic carbocycles. The molecule has 0 aliphatic carbocycles. The van der Waals surface area contributed by atoms with Crippen LogP contribution in [0, 0.1) is 5.82 Å². The summed E-state index contributed by atoms with van der Waals surface area (Å²) < 4.78 is 14.6. The van der Waals surface area contributed by atoms with Gasteiger partial charge in [-0.05, 0) is 6.07 Å². The van der Waals surface area contributed by atoms with Gasteiger partial charge in [0.1, 0.15) is 11.6 Å². The molecule has 0 bridgehead atoms. The minimum atomic E-state index is -0.406. The van der Waals surface area contributed by atoms with E-state index in [-0.39, 0.29) is 0 Å². The number of nitrogen functional groups attached to an aromatic ring is 1. The van der Waals surface area contributed by atoms with E-state index in [1.165, 1.54) is 16.8 Å². The van der Waals surface area contributed by atoms with Crippen molar-refractivity contribution in [2.24, 2.45) is 0 Å². The standard InChI is InChI=1S/C11H8FN5/c12-8-3-7(5-14-6-8)9-4-10(13)17-11(16-9)1-2-15-17/h1-6H,13H2. The van der Waals surface area contributed by atoms with Crippen LogP contribution in [0.5, 0.6) is 0 Å². The Balaban J connectivity index is 2.23. The smallest absolute Gasteiger partial charge is 0.157 e. The third kappa shape index (κ3) is 1.59. The average Bonchev–Trinajstić information content (AvgIpc) is 2.77. The molecule has 84 valence electrons. The Kier molecular flexibility index (Phi) is 2.01. The topological polar surface area (TPSA) is 69.1 Å². The molecule has 3 aromatic rings. The fourth-order valence-electron chi connectivity index (χ4n) is 1.64. The Morgan fingerprint density at radius 1 is 1.24 bits per heavy atom. The summed E-state index contributed by atoms with van der Waals surface area (Å²) in [6, 6.07) is 4.73. The van der Waals surface area contributed by atoms with Crippen LogP contribution in [-0.2, 0) is 0 Å². The highest BCUT2D eigenvalue weighted by atomic mass is 19.1. The van der Waals surface area contributed by atoms with Crippen molar-refractivity contribution in [3.63, 3.8) is 0 Å². The van der Waals surface area contributed by atoms with Gasteiger partial charge in [-0.15, -0.1) is 0 Å². The molecule has 0 saturated carbocycles. The first-order valence-corrected chi connectivity index (χ1v) is 4.95. The van der Waals surface area contributed by atoms with Crippen LogP contribution >= 0.6 is 0 Å². The minimum Gasteiger partial charge on any atom is -0.384 e. The fraction of sp³-hybridized carbons (Fsp3) is 0. The summed E-state index contributed by atoms with van der Waals surface area (Å²) in [6.45, 7) is 0. The number of anilines is 1. The monoisotopic (exact) mass is 229 g/mol. The molecule has 0 radical (unpaired) electrons. The molecule has 3 heterocycles. The van der Waals surface area contributed by atoms with Gasteiger partial charge in [0.15, 0.2) is 5.65 Å². The fourth-order valence-corrected chi connectivity index (χ4v) is 1.64. The minimum absolute atomic E-state index is 0.406. The number of nitrogens with two attached hydrogens (primary N) is 1. The second-order valence-electron chi connectivity index (χ2n) is 3.56. The van der Waals surface area contributed by atoms with Crippen LogP contribution < -0.4 is 5.73 Å². The van der Waals surface area contributed by atoms with Gasteiger partial charge in [0, 0.05) is 23.9 Å². The van der Waals surface area contributed by atoms with Crippen LogP contribution in [0.15, 0.2) is 36.8 Å². The molecule has 0 aliphatic rings. The average molecular weight is 229 g/mol. The zero-order chi connectivity index (χ0) is 11.8. The molecule has 0 aliphatic heterocycles. The van der Waals surface area contributed by atoms with E-state index in [0.29, 0.717) is 22.7 Å². The normalized spacial score (nSPS) is 10.9. The number of pyridine rings is 1. The van der Waals surface area contributed by atoms with E-state index < -0.39 is 5.82 Å². The molecule has 6 heteroatoms. The second kappa shape index (κ2) is 3.51. The van der Waals surface area contributed by atoms with Crippen molar-refractivity contribution in [2.75, 3.05) is 5.73 Å². The lowest BCUT2D eigenvalue weighted by Crippen LogP contribution is -2.01. The van der Waals surface area contributed by atoms with Crippen molar-refractivity contribution in [1.29, 1.82) is 0 Å². The number of aromatic nitrogens is 4. The second-order valence-corrected chi connectivity index (χ2v) is 3.56. The van der Waals surface area contributed by atoms with Crippen LogP contribution in [0.4, 0.5) is 10.2 Å². The Morgan fingerprint density at radius 3 is 2.94 bits per heavy atom. The summed E-state index contributed by atoms with van der Waals surface area (Å²) >= 11 is 0. The highest BCUT2D eigenvalue weighted by Crippen LogP contribution is 2.20. The van der Waals surface area contributed by atoms with Crippen molar-refractivity contribution in [3.05, 3.63) is 42.6 Å². The maximum Gasteiger partial charge on any atom is 0.157 e. The molecule has 3 rings (SSSR count). The number of nitrogens with zero attached hydrogens (tertiary/aromatic N) is 4. The lowest BCUT2D eigenvalue weighted by atomic mass is 10.2. The summed E-state index contributed by atoms with van der Waals surface area (Å²) in [6.07, 6.45) is 4.29. The van der Waals surface area contributed by atoms with Crippen molar-refractivity contribution in [3.8, 4) is 11.3 Å². The van der Waals surface area contributed by atoms with E-state index >= 15 is 0 Å². The van der Waals surface area contributed by atoms with E-state index in [9.17, 15) is 4.39 Å².